The molecular formula is C12H20BN3O3. The normalized spacial score (nSPS) is 29.1. The summed E-state index contributed by atoms with van der Waals surface area (Å²) in [6.07, 6.45) is 3.66. The van der Waals surface area contributed by atoms with Crippen LogP contribution >= 0.6 is 0 Å². The molecule has 0 radical (unpaired) electrons. The molecule has 6 nitrogen and oxygen atoms in total. The van der Waals surface area contributed by atoms with Gasteiger partial charge in [0.25, 0.3) is 0 Å². The second-order valence-corrected chi connectivity index (χ2v) is 6.16. The van der Waals surface area contributed by atoms with Gasteiger partial charge in [0.2, 0.25) is 0 Å². The Balaban J connectivity index is 1.86. The molecule has 0 N–H and O–H groups in total. The van der Waals surface area contributed by atoms with Gasteiger partial charge in [0.05, 0.1) is 23.0 Å². The molecule has 0 saturated carbocycles. The van der Waals surface area contributed by atoms with E-state index >= 15 is 0 Å². The lowest BCUT2D eigenvalue weighted by Crippen LogP contribution is -2.41. The summed E-state index contributed by atoms with van der Waals surface area (Å²) in [6, 6.07) is 0. The third-order valence-corrected chi connectivity index (χ3v) is 4.28. The van der Waals surface area contributed by atoms with Gasteiger partial charge in [0, 0.05) is 6.61 Å². The fourth-order valence-electron chi connectivity index (χ4n) is 2.36. The highest BCUT2D eigenvalue weighted by molar-refractivity contribution is 6.61. The summed E-state index contributed by atoms with van der Waals surface area (Å²) in [5.74, 6) is 0. The molecule has 3 heterocycles. The summed E-state index contributed by atoms with van der Waals surface area (Å²) in [5.41, 5.74) is 0.109. The van der Waals surface area contributed by atoms with Gasteiger partial charge in [-0.05, 0) is 40.5 Å². The van der Waals surface area contributed by atoms with Crippen LogP contribution in [-0.2, 0) is 14.0 Å². The van der Waals surface area contributed by atoms with Gasteiger partial charge in [-0.3, -0.25) is 0 Å². The first kappa shape index (κ1) is 13.1. The monoisotopic (exact) mass is 265 g/mol. The van der Waals surface area contributed by atoms with Gasteiger partial charge in [0.1, 0.15) is 0 Å². The number of rotatable bonds is 2. The number of ether oxygens (including phenoxy) is 1. The largest absolute Gasteiger partial charge is 0.516 e. The summed E-state index contributed by atoms with van der Waals surface area (Å²) in [5, 5.41) is 8.10. The van der Waals surface area contributed by atoms with Crippen molar-refractivity contribution >= 4 is 12.7 Å². The summed E-state index contributed by atoms with van der Waals surface area (Å²) in [4.78, 5) is 0. The fraction of sp³-hybridized carbons (Fsp3) is 0.833. The van der Waals surface area contributed by atoms with E-state index < -0.39 is 7.12 Å². The van der Waals surface area contributed by atoms with Crippen molar-refractivity contribution in [2.75, 3.05) is 6.61 Å². The molecule has 0 bridgehead atoms. The van der Waals surface area contributed by atoms with Crippen molar-refractivity contribution in [2.45, 2.75) is 58.0 Å². The number of aromatic nitrogens is 3. The summed E-state index contributed by atoms with van der Waals surface area (Å²) in [6.45, 7) is 8.91. The van der Waals surface area contributed by atoms with Crippen LogP contribution in [0.25, 0.3) is 0 Å². The Hall–Kier alpha value is -0.915. The minimum Gasteiger partial charge on any atom is -0.398 e. The van der Waals surface area contributed by atoms with Crippen molar-refractivity contribution in [3.05, 3.63) is 6.20 Å². The standard InChI is InChI=1S/C12H20BN3O3/c1-11(2)12(3,4)19-13(18-11)9-8-14-15-16(9)10-6-5-7-17-10/h8,10H,5-7H2,1-4H3. The van der Waals surface area contributed by atoms with Gasteiger partial charge in [-0.25, -0.2) is 4.68 Å². The third kappa shape index (κ3) is 2.09. The smallest absolute Gasteiger partial charge is 0.398 e. The highest BCUT2D eigenvalue weighted by Crippen LogP contribution is 2.36. The molecule has 7 heteroatoms. The molecule has 3 rings (SSSR count). The molecule has 0 aromatic carbocycles. The van der Waals surface area contributed by atoms with Gasteiger partial charge in [-0.15, -0.1) is 5.10 Å². The highest BCUT2D eigenvalue weighted by Gasteiger charge is 2.53. The zero-order valence-corrected chi connectivity index (χ0v) is 11.9. The molecule has 2 fully saturated rings. The van der Waals surface area contributed by atoms with E-state index in [9.17, 15) is 0 Å². The zero-order chi connectivity index (χ0) is 13.7. The summed E-state index contributed by atoms with van der Waals surface area (Å²) >= 11 is 0. The Bertz CT molecular complexity index is 453. The molecule has 1 atom stereocenters. The van der Waals surface area contributed by atoms with Crippen LogP contribution in [0.5, 0.6) is 0 Å². The lowest BCUT2D eigenvalue weighted by atomic mass is 9.85. The van der Waals surface area contributed by atoms with Crippen molar-refractivity contribution in [3.63, 3.8) is 0 Å². The van der Waals surface area contributed by atoms with E-state index in [4.69, 9.17) is 14.0 Å². The van der Waals surface area contributed by atoms with Crippen molar-refractivity contribution in [3.8, 4) is 0 Å². The van der Waals surface area contributed by atoms with E-state index in [-0.39, 0.29) is 17.4 Å². The van der Waals surface area contributed by atoms with Crippen LogP contribution in [0.4, 0.5) is 0 Å². The van der Waals surface area contributed by atoms with Gasteiger partial charge in [0.15, 0.2) is 6.23 Å². The average molecular weight is 265 g/mol. The first-order valence-corrected chi connectivity index (χ1v) is 6.78. The third-order valence-electron chi connectivity index (χ3n) is 4.28. The Morgan fingerprint density at radius 1 is 1.26 bits per heavy atom. The summed E-state index contributed by atoms with van der Waals surface area (Å²) < 4.78 is 19.5. The Morgan fingerprint density at radius 2 is 1.95 bits per heavy atom. The quantitative estimate of drug-likeness (QED) is 0.743. The first-order chi connectivity index (χ1) is 8.91. The van der Waals surface area contributed by atoms with E-state index in [0.717, 1.165) is 25.0 Å². The molecule has 2 saturated heterocycles. The lowest BCUT2D eigenvalue weighted by Gasteiger charge is -2.32. The molecule has 1 aromatic heterocycles. The number of hydrogen-bond acceptors (Lipinski definition) is 5. The highest BCUT2D eigenvalue weighted by atomic mass is 16.7. The number of hydrogen-bond donors (Lipinski definition) is 0. The van der Waals surface area contributed by atoms with Crippen LogP contribution in [0.15, 0.2) is 6.20 Å². The Morgan fingerprint density at radius 3 is 2.53 bits per heavy atom. The van der Waals surface area contributed by atoms with E-state index in [2.05, 4.69) is 10.3 Å². The molecule has 0 amide bonds. The predicted octanol–water partition coefficient (Wildman–Crippen LogP) is 0.886. The van der Waals surface area contributed by atoms with Gasteiger partial charge < -0.3 is 14.0 Å². The van der Waals surface area contributed by atoms with Gasteiger partial charge >= 0.3 is 7.12 Å². The van der Waals surface area contributed by atoms with E-state index in [1.165, 1.54) is 0 Å². The minimum atomic E-state index is -0.441. The van der Waals surface area contributed by atoms with Crippen LogP contribution in [-0.4, -0.2) is 39.9 Å². The molecule has 104 valence electrons. The van der Waals surface area contributed by atoms with Crippen LogP contribution in [0.1, 0.15) is 46.8 Å². The maximum Gasteiger partial charge on any atom is 0.516 e. The molecule has 1 aromatic rings. The Kier molecular flexibility index (Phi) is 2.96. The zero-order valence-electron chi connectivity index (χ0n) is 11.9. The van der Waals surface area contributed by atoms with Crippen molar-refractivity contribution in [2.24, 2.45) is 0 Å². The van der Waals surface area contributed by atoms with Crippen molar-refractivity contribution in [1.82, 2.24) is 15.0 Å². The maximum atomic E-state index is 6.03. The molecule has 0 aliphatic carbocycles. The van der Waals surface area contributed by atoms with Crippen molar-refractivity contribution in [1.29, 1.82) is 0 Å². The summed E-state index contributed by atoms with van der Waals surface area (Å²) in [7, 11) is -0.441. The molecule has 2 aliphatic rings. The molecule has 1 unspecified atom stereocenters. The fourth-order valence-corrected chi connectivity index (χ4v) is 2.36. The minimum absolute atomic E-state index is 0.0449. The topological polar surface area (TPSA) is 58.4 Å². The molecule has 2 aliphatic heterocycles. The van der Waals surface area contributed by atoms with E-state index in [0.29, 0.717) is 0 Å². The second kappa shape index (κ2) is 4.29. The van der Waals surface area contributed by atoms with E-state index in [1.807, 2.05) is 27.7 Å². The van der Waals surface area contributed by atoms with Gasteiger partial charge in [-0.1, -0.05) is 5.21 Å². The molecule has 0 spiro atoms. The SMILES string of the molecule is CC1(C)OB(c2cnnn2C2CCCO2)OC1(C)C. The van der Waals surface area contributed by atoms with E-state index in [1.54, 1.807) is 10.9 Å². The van der Waals surface area contributed by atoms with Crippen LogP contribution in [0.2, 0.25) is 0 Å². The van der Waals surface area contributed by atoms with Crippen LogP contribution in [0.3, 0.4) is 0 Å². The molecule has 19 heavy (non-hydrogen) atoms. The lowest BCUT2D eigenvalue weighted by molar-refractivity contribution is 0.00578. The average Bonchev–Trinajstić information content (AvgIpc) is 3.00. The van der Waals surface area contributed by atoms with Gasteiger partial charge in [-0.2, -0.15) is 0 Å². The first-order valence-electron chi connectivity index (χ1n) is 6.78. The van der Waals surface area contributed by atoms with Crippen LogP contribution < -0.4 is 5.59 Å². The Labute approximate surface area is 113 Å². The maximum absolute atomic E-state index is 6.03. The van der Waals surface area contributed by atoms with Crippen LogP contribution in [0, 0.1) is 0 Å². The van der Waals surface area contributed by atoms with Crippen molar-refractivity contribution < 1.29 is 14.0 Å². The predicted molar refractivity (Wildman–Crippen MR) is 70.0 cm³/mol. The molecular weight excluding hydrogens is 245 g/mol. The number of nitrogens with zero attached hydrogens (tertiary/aromatic N) is 3. The second-order valence-electron chi connectivity index (χ2n) is 6.16.